The van der Waals surface area contributed by atoms with Gasteiger partial charge in [0, 0.05) is 22.3 Å². The van der Waals surface area contributed by atoms with Gasteiger partial charge in [-0.3, -0.25) is 4.79 Å². The summed E-state index contributed by atoms with van der Waals surface area (Å²) in [5.41, 5.74) is 0.325. The molecule has 0 aliphatic carbocycles. The molecule has 0 saturated carbocycles. The highest BCUT2D eigenvalue weighted by Gasteiger charge is 2.26. The first kappa shape index (κ1) is 21.7. The van der Waals surface area contributed by atoms with E-state index in [1.807, 2.05) is 24.4 Å². The van der Waals surface area contributed by atoms with Crippen molar-refractivity contribution in [1.29, 1.82) is 0 Å². The monoisotopic (exact) mass is 453 g/mol. The van der Waals surface area contributed by atoms with Crippen LogP contribution in [0.2, 0.25) is 0 Å². The van der Waals surface area contributed by atoms with E-state index >= 15 is 0 Å². The molecule has 0 saturated heterocycles. The molecule has 0 unspecified atom stereocenters. The summed E-state index contributed by atoms with van der Waals surface area (Å²) in [5, 5.41) is 5.54. The first-order valence-electron chi connectivity index (χ1n) is 8.97. The number of thiophene rings is 1. The maximum Gasteiger partial charge on any atom is 0.287 e. The minimum atomic E-state index is -3.82. The second-order valence-electron chi connectivity index (χ2n) is 7.50. The van der Waals surface area contributed by atoms with Gasteiger partial charge >= 0.3 is 0 Å². The molecule has 3 rings (SSSR count). The summed E-state index contributed by atoms with van der Waals surface area (Å²) in [7, 11) is -3.82. The Balaban J connectivity index is 1.55. The van der Waals surface area contributed by atoms with E-state index in [9.17, 15) is 13.2 Å². The van der Waals surface area contributed by atoms with Gasteiger partial charge in [0.25, 0.3) is 15.9 Å². The number of amides is 1. The third-order valence-corrected chi connectivity index (χ3v) is 7.27. The molecule has 3 aromatic heterocycles. The van der Waals surface area contributed by atoms with Crippen molar-refractivity contribution in [3.8, 4) is 10.6 Å². The van der Waals surface area contributed by atoms with Gasteiger partial charge in [-0.15, -0.1) is 22.7 Å². The SMILES string of the molecule is Cc1nc(-c2ccc(CCNC(=O)c3ccc(S(=O)(=O)NC(C)(C)C)o3)s2)cs1. The number of nitrogens with one attached hydrogen (secondary N) is 2. The second kappa shape index (κ2) is 8.39. The standard InChI is InChI=1S/C19H23N3O4S3/c1-12-21-14(11-27-12)16-7-5-13(28-16)9-10-20-18(23)15-6-8-17(26-15)29(24,25)22-19(2,3)4/h5-8,11,22H,9-10H2,1-4H3,(H,20,23). The summed E-state index contributed by atoms with van der Waals surface area (Å²) in [5.74, 6) is -0.488. The van der Waals surface area contributed by atoms with E-state index in [0.717, 1.165) is 20.5 Å². The first-order chi connectivity index (χ1) is 13.5. The lowest BCUT2D eigenvalue weighted by molar-refractivity contribution is 0.0921. The number of thiazole rings is 1. The molecule has 0 fully saturated rings. The Bertz CT molecular complexity index is 1100. The number of carbonyl (C=O) groups excluding carboxylic acids is 1. The highest BCUT2D eigenvalue weighted by Crippen LogP contribution is 2.29. The predicted molar refractivity (Wildman–Crippen MR) is 115 cm³/mol. The van der Waals surface area contributed by atoms with E-state index in [4.69, 9.17) is 4.42 Å². The lowest BCUT2D eigenvalue weighted by atomic mass is 10.1. The van der Waals surface area contributed by atoms with Crippen LogP contribution in [0.3, 0.4) is 0 Å². The van der Waals surface area contributed by atoms with Crippen molar-refractivity contribution in [3.63, 3.8) is 0 Å². The van der Waals surface area contributed by atoms with Crippen LogP contribution in [0.1, 0.15) is 41.2 Å². The number of rotatable bonds is 7. The molecule has 7 nitrogen and oxygen atoms in total. The molecule has 0 spiro atoms. The second-order valence-corrected chi connectivity index (χ2v) is 11.3. The van der Waals surface area contributed by atoms with E-state index < -0.39 is 21.5 Å². The van der Waals surface area contributed by atoms with E-state index in [2.05, 4.69) is 15.0 Å². The fourth-order valence-electron chi connectivity index (χ4n) is 2.55. The summed E-state index contributed by atoms with van der Waals surface area (Å²) < 4.78 is 32.3. The third-order valence-electron chi connectivity index (χ3n) is 3.70. The third kappa shape index (κ3) is 5.75. The molecule has 156 valence electrons. The molecule has 0 atom stereocenters. The predicted octanol–water partition coefficient (Wildman–Crippen LogP) is 3.82. The van der Waals surface area contributed by atoms with E-state index in [1.54, 1.807) is 43.4 Å². The molecule has 1 amide bonds. The summed E-state index contributed by atoms with van der Waals surface area (Å²) in [6.45, 7) is 7.58. The van der Waals surface area contributed by atoms with Crippen LogP contribution in [0.4, 0.5) is 0 Å². The van der Waals surface area contributed by atoms with Crippen LogP contribution in [0.5, 0.6) is 0 Å². The van der Waals surface area contributed by atoms with Gasteiger partial charge in [-0.1, -0.05) is 0 Å². The molecule has 0 aliphatic rings. The zero-order valence-corrected chi connectivity index (χ0v) is 19.1. The molecule has 10 heteroatoms. The highest BCUT2D eigenvalue weighted by molar-refractivity contribution is 7.89. The molecule has 3 aromatic rings. The van der Waals surface area contributed by atoms with Gasteiger partial charge in [0.1, 0.15) is 0 Å². The Morgan fingerprint density at radius 2 is 1.97 bits per heavy atom. The van der Waals surface area contributed by atoms with E-state index in [0.29, 0.717) is 13.0 Å². The smallest absolute Gasteiger partial charge is 0.287 e. The Hall–Kier alpha value is -2.01. The number of hydrogen-bond donors (Lipinski definition) is 2. The summed E-state index contributed by atoms with van der Waals surface area (Å²) in [6.07, 6.45) is 0.664. The van der Waals surface area contributed by atoms with Crippen LogP contribution < -0.4 is 10.0 Å². The van der Waals surface area contributed by atoms with Crippen molar-refractivity contribution in [1.82, 2.24) is 15.0 Å². The van der Waals surface area contributed by atoms with Gasteiger partial charge in [0.05, 0.1) is 15.6 Å². The van der Waals surface area contributed by atoms with Crippen LogP contribution in [-0.2, 0) is 16.4 Å². The van der Waals surface area contributed by atoms with Crippen molar-refractivity contribution < 1.29 is 17.6 Å². The number of furan rings is 1. The Morgan fingerprint density at radius 1 is 1.21 bits per heavy atom. The summed E-state index contributed by atoms with van der Waals surface area (Å²) >= 11 is 3.26. The fraction of sp³-hybridized carbons (Fsp3) is 0.368. The topological polar surface area (TPSA) is 101 Å². The molecule has 29 heavy (non-hydrogen) atoms. The van der Waals surface area contributed by atoms with Crippen LogP contribution in [0, 0.1) is 6.92 Å². The maximum atomic E-state index is 12.3. The van der Waals surface area contributed by atoms with Crippen molar-refractivity contribution in [3.05, 3.63) is 45.3 Å². The van der Waals surface area contributed by atoms with Crippen molar-refractivity contribution >= 4 is 38.6 Å². The number of hydrogen-bond acceptors (Lipinski definition) is 7. The molecule has 0 aromatic carbocycles. The Morgan fingerprint density at radius 3 is 2.62 bits per heavy atom. The Labute approximate surface area is 178 Å². The normalized spacial score (nSPS) is 12.3. The van der Waals surface area contributed by atoms with Gasteiger partial charge < -0.3 is 9.73 Å². The van der Waals surface area contributed by atoms with Gasteiger partial charge in [-0.25, -0.2) is 18.1 Å². The number of sulfonamides is 1. The van der Waals surface area contributed by atoms with Crippen LogP contribution in [0.25, 0.3) is 10.6 Å². The molecule has 3 heterocycles. The molecule has 2 N–H and O–H groups in total. The molecule has 0 aliphatic heterocycles. The minimum Gasteiger partial charge on any atom is -0.438 e. The van der Waals surface area contributed by atoms with Crippen LogP contribution >= 0.6 is 22.7 Å². The largest absolute Gasteiger partial charge is 0.438 e. The van der Waals surface area contributed by atoms with Gasteiger partial charge in [-0.05, 0) is 58.4 Å². The van der Waals surface area contributed by atoms with Crippen LogP contribution in [0.15, 0.2) is 39.2 Å². The number of carbonyl (C=O) groups is 1. The van der Waals surface area contributed by atoms with Crippen molar-refractivity contribution in [2.75, 3.05) is 6.54 Å². The Kier molecular flexibility index (Phi) is 6.27. The number of aromatic nitrogens is 1. The van der Waals surface area contributed by atoms with Gasteiger partial charge in [-0.2, -0.15) is 0 Å². The highest BCUT2D eigenvalue weighted by atomic mass is 32.2. The quantitative estimate of drug-likeness (QED) is 0.566. The number of nitrogens with zero attached hydrogens (tertiary/aromatic N) is 1. The molecular formula is C19H23N3O4S3. The molecule has 0 bridgehead atoms. The minimum absolute atomic E-state index is 0.0379. The lowest BCUT2D eigenvalue weighted by Crippen LogP contribution is -2.40. The van der Waals surface area contributed by atoms with Crippen molar-refractivity contribution in [2.45, 2.75) is 44.7 Å². The number of aryl methyl sites for hydroxylation is 1. The van der Waals surface area contributed by atoms with Crippen molar-refractivity contribution in [2.24, 2.45) is 0 Å². The van der Waals surface area contributed by atoms with Crippen LogP contribution in [-0.4, -0.2) is 31.4 Å². The first-order valence-corrected chi connectivity index (χ1v) is 12.1. The zero-order chi connectivity index (χ0) is 21.2. The fourth-order valence-corrected chi connectivity index (χ4v) is 5.56. The van der Waals surface area contributed by atoms with Gasteiger partial charge in [0.15, 0.2) is 5.76 Å². The average molecular weight is 454 g/mol. The zero-order valence-electron chi connectivity index (χ0n) is 16.6. The summed E-state index contributed by atoms with van der Waals surface area (Å²) in [4.78, 5) is 19.0. The lowest BCUT2D eigenvalue weighted by Gasteiger charge is -2.18. The summed E-state index contributed by atoms with van der Waals surface area (Å²) in [6, 6.07) is 6.70. The molecule has 0 radical (unpaired) electrons. The maximum absolute atomic E-state index is 12.3. The average Bonchev–Trinajstić information content (AvgIpc) is 3.32. The van der Waals surface area contributed by atoms with Gasteiger partial charge in [0.2, 0.25) is 5.09 Å². The van der Waals surface area contributed by atoms with E-state index in [-0.39, 0.29) is 10.9 Å². The van der Waals surface area contributed by atoms with E-state index in [1.165, 1.54) is 12.1 Å². The molecular weight excluding hydrogens is 430 g/mol.